The van der Waals surface area contributed by atoms with Crippen LogP contribution in [-0.2, 0) is 25.7 Å². The van der Waals surface area contributed by atoms with Gasteiger partial charge < -0.3 is 20.3 Å². The van der Waals surface area contributed by atoms with Gasteiger partial charge in [-0.3, -0.25) is 14.7 Å². The molecule has 2 atom stereocenters. The Labute approximate surface area is 212 Å². The molecule has 2 aromatic rings. The molecular formula is C23H25F6N3O6. The van der Waals surface area contributed by atoms with Crippen molar-refractivity contribution in [2.75, 3.05) is 26.7 Å². The Balaban J connectivity index is 0.000000301. The summed E-state index contributed by atoms with van der Waals surface area (Å²) < 4.78 is 69.3. The molecule has 0 bridgehead atoms. The lowest BCUT2D eigenvalue weighted by atomic mass is 9.75. The van der Waals surface area contributed by atoms with Crippen LogP contribution in [0.3, 0.4) is 0 Å². The monoisotopic (exact) mass is 553 g/mol. The Kier molecular flexibility index (Phi) is 10.0. The lowest BCUT2D eigenvalue weighted by Gasteiger charge is -2.42. The second kappa shape index (κ2) is 12.4. The van der Waals surface area contributed by atoms with Crippen LogP contribution in [0.5, 0.6) is 0 Å². The highest BCUT2D eigenvalue weighted by molar-refractivity contribution is 5.84. The molecule has 2 aliphatic heterocycles. The standard InChI is InChI=1S/C19H23N3O2.2C2HF3O2/c1-20-18(23)19-9-11-24-17(19)8-10-22(13-19)12-15-7-6-14-4-2-3-5-16(14)21-15;2*3-2(4,5)1(6)7/h2-7,17H,8-13H2,1H3,(H,20,23);2*(H,6,7)/t17-,19-;;/m1../s1. The predicted octanol–water partition coefficient (Wildman–Crippen LogP) is 3.23. The molecule has 0 unspecified atom stereocenters. The van der Waals surface area contributed by atoms with Crippen LogP contribution < -0.4 is 5.32 Å². The summed E-state index contributed by atoms with van der Waals surface area (Å²) in [6.45, 7) is 3.14. The number of fused-ring (bicyclic) bond motifs is 2. The highest BCUT2D eigenvalue weighted by Gasteiger charge is 2.52. The molecule has 0 saturated carbocycles. The maximum absolute atomic E-state index is 12.5. The van der Waals surface area contributed by atoms with Gasteiger partial charge >= 0.3 is 24.3 Å². The Morgan fingerprint density at radius 1 is 1.05 bits per heavy atom. The van der Waals surface area contributed by atoms with Crippen LogP contribution in [0.1, 0.15) is 18.5 Å². The molecule has 9 nitrogen and oxygen atoms in total. The Bertz CT molecular complexity index is 1120. The van der Waals surface area contributed by atoms with Crippen molar-refractivity contribution in [3.05, 3.63) is 42.1 Å². The number of halogens is 6. The van der Waals surface area contributed by atoms with E-state index in [0.29, 0.717) is 6.61 Å². The average molecular weight is 553 g/mol. The fourth-order valence-corrected chi connectivity index (χ4v) is 4.16. The highest BCUT2D eigenvalue weighted by Crippen LogP contribution is 2.41. The molecule has 0 radical (unpaired) electrons. The van der Waals surface area contributed by atoms with Gasteiger partial charge in [-0.15, -0.1) is 0 Å². The third-order valence-electron chi connectivity index (χ3n) is 5.90. The number of carbonyl (C=O) groups is 3. The molecule has 3 N–H and O–H groups in total. The number of aromatic nitrogens is 1. The van der Waals surface area contributed by atoms with Gasteiger partial charge in [0, 0.05) is 38.7 Å². The first-order valence-corrected chi connectivity index (χ1v) is 11.1. The van der Waals surface area contributed by atoms with Gasteiger partial charge in [-0.1, -0.05) is 24.3 Å². The molecule has 0 aliphatic carbocycles. The van der Waals surface area contributed by atoms with Crippen LogP contribution in [0.2, 0.25) is 0 Å². The number of hydrogen-bond acceptors (Lipinski definition) is 6. The molecule has 38 heavy (non-hydrogen) atoms. The van der Waals surface area contributed by atoms with Crippen molar-refractivity contribution in [2.24, 2.45) is 5.41 Å². The lowest BCUT2D eigenvalue weighted by Crippen LogP contribution is -2.56. The lowest BCUT2D eigenvalue weighted by molar-refractivity contribution is -0.193. The van der Waals surface area contributed by atoms with Gasteiger partial charge in [-0.2, -0.15) is 26.3 Å². The first kappa shape index (κ1) is 30.8. The molecule has 0 spiro atoms. The van der Waals surface area contributed by atoms with Crippen LogP contribution in [0.25, 0.3) is 10.9 Å². The van der Waals surface area contributed by atoms with E-state index < -0.39 is 29.7 Å². The van der Waals surface area contributed by atoms with Gasteiger partial charge in [0.25, 0.3) is 0 Å². The quantitative estimate of drug-likeness (QED) is 0.495. The zero-order chi connectivity index (χ0) is 28.7. The number of amides is 1. The number of para-hydroxylation sites is 1. The minimum atomic E-state index is -5.08. The summed E-state index contributed by atoms with van der Waals surface area (Å²) in [5.74, 6) is -5.40. The SMILES string of the molecule is CNC(=O)[C@@]12CCO[C@@H]1CCN(Cc1ccc3ccccc3n1)C2.O=C(O)C(F)(F)F.O=C(O)C(F)(F)F. The maximum atomic E-state index is 12.5. The highest BCUT2D eigenvalue weighted by atomic mass is 19.4. The number of benzene rings is 1. The Morgan fingerprint density at radius 3 is 2.18 bits per heavy atom. The predicted molar refractivity (Wildman–Crippen MR) is 120 cm³/mol. The molecule has 2 fully saturated rings. The third kappa shape index (κ3) is 8.02. The van der Waals surface area contributed by atoms with E-state index in [9.17, 15) is 31.1 Å². The molecule has 1 amide bonds. The smallest absolute Gasteiger partial charge is 0.475 e. The van der Waals surface area contributed by atoms with E-state index in [1.807, 2.05) is 18.2 Å². The van der Waals surface area contributed by atoms with E-state index in [1.165, 1.54) is 0 Å². The number of piperidine rings is 1. The van der Waals surface area contributed by atoms with Gasteiger partial charge in [0.1, 0.15) is 0 Å². The van der Waals surface area contributed by atoms with Gasteiger partial charge in [0.15, 0.2) is 0 Å². The summed E-state index contributed by atoms with van der Waals surface area (Å²) in [6, 6.07) is 12.4. The minimum Gasteiger partial charge on any atom is -0.475 e. The number of hydrogen-bond donors (Lipinski definition) is 3. The topological polar surface area (TPSA) is 129 Å². The fourth-order valence-electron chi connectivity index (χ4n) is 4.16. The molecule has 2 saturated heterocycles. The van der Waals surface area contributed by atoms with E-state index in [1.54, 1.807) is 7.05 Å². The number of carbonyl (C=O) groups excluding carboxylic acids is 1. The van der Waals surface area contributed by atoms with E-state index in [2.05, 4.69) is 28.4 Å². The van der Waals surface area contributed by atoms with Crippen LogP contribution in [0.15, 0.2) is 36.4 Å². The normalized spacial score (nSPS) is 21.3. The van der Waals surface area contributed by atoms with Crippen molar-refractivity contribution in [3.63, 3.8) is 0 Å². The van der Waals surface area contributed by atoms with Crippen molar-refractivity contribution in [1.82, 2.24) is 15.2 Å². The first-order valence-electron chi connectivity index (χ1n) is 11.1. The number of nitrogens with one attached hydrogen (secondary N) is 1. The van der Waals surface area contributed by atoms with Crippen LogP contribution in [0, 0.1) is 5.41 Å². The second-order valence-corrected chi connectivity index (χ2v) is 8.45. The van der Waals surface area contributed by atoms with E-state index in [0.717, 1.165) is 49.1 Å². The van der Waals surface area contributed by atoms with Crippen LogP contribution >= 0.6 is 0 Å². The molecule has 4 rings (SSSR count). The zero-order valence-corrected chi connectivity index (χ0v) is 20.0. The zero-order valence-electron chi connectivity index (χ0n) is 20.0. The Hall–Kier alpha value is -3.46. The maximum Gasteiger partial charge on any atom is 0.490 e. The number of pyridine rings is 1. The first-order chi connectivity index (χ1) is 17.6. The second-order valence-electron chi connectivity index (χ2n) is 8.45. The average Bonchev–Trinajstić information content (AvgIpc) is 3.27. The van der Waals surface area contributed by atoms with Crippen molar-refractivity contribution >= 4 is 28.7 Å². The molecule has 15 heteroatoms. The summed E-state index contributed by atoms with van der Waals surface area (Å²) >= 11 is 0. The number of nitrogens with zero attached hydrogens (tertiary/aromatic N) is 2. The molecule has 1 aromatic heterocycles. The molecule has 1 aromatic carbocycles. The number of carboxylic acid groups (broad SMARTS) is 2. The molecule has 210 valence electrons. The number of carboxylic acids is 2. The van der Waals surface area contributed by atoms with Gasteiger partial charge in [-0.25, -0.2) is 9.59 Å². The van der Waals surface area contributed by atoms with Gasteiger partial charge in [0.05, 0.1) is 22.7 Å². The van der Waals surface area contributed by atoms with Gasteiger partial charge in [-0.05, 0) is 25.0 Å². The molecular weight excluding hydrogens is 528 g/mol. The molecule has 2 aliphatic rings. The van der Waals surface area contributed by atoms with E-state index >= 15 is 0 Å². The van der Waals surface area contributed by atoms with Crippen molar-refractivity contribution in [1.29, 1.82) is 0 Å². The largest absolute Gasteiger partial charge is 0.490 e. The van der Waals surface area contributed by atoms with Crippen LogP contribution in [-0.4, -0.2) is 83.1 Å². The number of rotatable bonds is 3. The van der Waals surface area contributed by atoms with Crippen molar-refractivity contribution < 1.29 is 55.7 Å². The summed E-state index contributed by atoms with van der Waals surface area (Å²) in [6.07, 6.45) is -8.40. The summed E-state index contributed by atoms with van der Waals surface area (Å²) in [4.78, 5) is 37.4. The summed E-state index contributed by atoms with van der Waals surface area (Å²) in [7, 11) is 1.72. The number of alkyl halides is 6. The number of ether oxygens (including phenoxy) is 1. The fraction of sp³-hybridized carbons (Fsp3) is 0.478. The summed E-state index contributed by atoms with van der Waals surface area (Å²) in [5.41, 5.74) is 1.68. The number of aliphatic carboxylic acids is 2. The van der Waals surface area contributed by atoms with E-state index in [4.69, 9.17) is 29.5 Å². The minimum absolute atomic E-state index is 0.0539. The third-order valence-corrected chi connectivity index (χ3v) is 5.90. The van der Waals surface area contributed by atoms with Crippen molar-refractivity contribution in [3.8, 4) is 0 Å². The van der Waals surface area contributed by atoms with E-state index in [-0.39, 0.29) is 12.0 Å². The summed E-state index contributed by atoms with van der Waals surface area (Å²) in [5, 5.41) is 18.3. The van der Waals surface area contributed by atoms with Crippen LogP contribution in [0.4, 0.5) is 26.3 Å². The Morgan fingerprint density at radius 2 is 1.63 bits per heavy atom. The van der Waals surface area contributed by atoms with Gasteiger partial charge in [0.2, 0.25) is 5.91 Å². The number of likely N-dealkylation sites (tertiary alicyclic amines) is 1. The van der Waals surface area contributed by atoms with Crippen molar-refractivity contribution in [2.45, 2.75) is 37.8 Å². The molecule has 3 heterocycles.